The van der Waals surface area contributed by atoms with E-state index < -0.39 is 36.7 Å². The molecule has 1 amide bonds. The number of benzene rings is 1. The Hall–Kier alpha value is -5.08. The monoisotopic (exact) mass is 599 g/mol. The number of methoxy groups -OCH3 is 1. The molecule has 15 heteroatoms. The first-order valence-corrected chi connectivity index (χ1v) is 13.1. The Bertz CT molecular complexity index is 1730. The van der Waals surface area contributed by atoms with E-state index in [1.807, 2.05) is 34.9 Å². The van der Waals surface area contributed by atoms with Gasteiger partial charge in [0.2, 0.25) is 11.8 Å². The molecule has 0 saturated heterocycles. The molecule has 0 radical (unpaired) electrons. The molecule has 43 heavy (non-hydrogen) atoms. The minimum Gasteiger partial charge on any atom is -0.475 e. The fourth-order valence-electron chi connectivity index (χ4n) is 5.19. The second-order valence-electron chi connectivity index (χ2n) is 9.79. The van der Waals surface area contributed by atoms with Gasteiger partial charge in [-0.05, 0) is 17.7 Å². The molecule has 5 heterocycles. The molecule has 0 unspecified atom stereocenters. The SMILES string of the molecule is COC(=O)N[C@@H]1COc2c(-c3nc4n(Cc5ccccc5)cccc-4c3-c3cn(C)nc3OC(F)F)c(C(F)F)nn2C1. The first kappa shape index (κ1) is 28.1. The van der Waals surface area contributed by atoms with Crippen LogP contribution in [0.2, 0.25) is 0 Å². The molecular formula is C28H25F4N7O4. The van der Waals surface area contributed by atoms with Crippen molar-refractivity contribution >= 4 is 6.09 Å². The highest BCUT2D eigenvalue weighted by Crippen LogP contribution is 2.49. The highest BCUT2D eigenvalue weighted by atomic mass is 19.3. The van der Waals surface area contributed by atoms with Gasteiger partial charge in [0.05, 0.1) is 36.5 Å². The Kier molecular flexibility index (Phi) is 7.38. The van der Waals surface area contributed by atoms with E-state index in [1.165, 1.54) is 29.7 Å². The summed E-state index contributed by atoms with van der Waals surface area (Å²) in [5.74, 6) is 0.0101. The molecule has 0 saturated carbocycles. The average molecular weight is 600 g/mol. The summed E-state index contributed by atoms with van der Waals surface area (Å²) in [6.07, 6.45) is -0.507. The maximum Gasteiger partial charge on any atom is 0.407 e. The fourth-order valence-corrected chi connectivity index (χ4v) is 5.19. The van der Waals surface area contributed by atoms with Gasteiger partial charge in [-0.25, -0.2) is 23.2 Å². The number of nitrogens with one attached hydrogen (secondary N) is 1. The molecule has 11 nitrogen and oxygen atoms in total. The number of ether oxygens (including phenoxy) is 3. The number of aryl methyl sites for hydroxylation is 1. The number of pyridine rings is 1. The van der Waals surface area contributed by atoms with Crippen LogP contribution in [-0.4, -0.2) is 61.6 Å². The van der Waals surface area contributed by atoms with E-state index in [4.69, 9.17) is 14.5 Å². The van der Waals surface area contributed by atoms with Gasteiger partial charge < -0.3 is 24.1 Å². The lowest BCUT2D eigenvalue weighted by atomic mass is 9.98. The van der Waals surface area contributed by atoms with Crippen LogP contribution in [0.15, 0.2) is 54.9 Å². The summed E-state index contributed by atoms with van der Waals surface area (Å²) in [7, 11) is 2.73. The van der Waals surface area contributed by atoms with Gasteiger partial charge in [0.25, 0.3) is 6.43 Å². The zero-order chi connectivity index (χ0) is 30.2. The van der Waals surface area contributed by atoms with Crippen molar-refractivity contribution in [3.05, 3.63) is 66.1 Å². The van der Waals surface area contributed by atoms with Crippen molar-refractivity contribution in [2.75, 3.05) is 13.7 Å². The summed E-state index contributed by atoms with van der Waals surface area (Å²) in [5, 5.41) is 10.7. The van der Waals surface area contributed by atoms with E-state index in [0.29, 0.717) is 17.9 Å². The number of alkyl halides is 4. The lowest BCUT2D eigenvalue weighted by Crippen LogP contribution is -2.44. The van der Waals surface area contributed by atoms with Gasteiger partial charge in [0.1, 0.15) is 18.1 Å². The third-order valence-electron chi connectivity index (χ3n) is 6.92. The highest BCUT2D eigenvalue weighted by molar-refractivity contribution is 5.97. The van der Waals surface area contributed by atoms with Crippen molar-refractivity contribution < 1.29 is 36.6 Å². The summed E-state index contributed by atoms with van der Waals surface area (Å²) >= 11 is 0. The predicted molar refractivity (Wildman–Crippen MR) is 144 cm³/mol. The number of hydrogen-bond acceptors (Lipinski definition) is 7. The molecule has 3 aliphatic heterocycles. The first-order valence-electron chi connectivity index (χ1n) is 13.1. The van der Waals surface area contributed by atoms with Crippen molar-refractivity contribution in [3.8, 4) is 45.5 Å². The Morgan fingerprint density at radius 2 is 1.88 bits per heavy atom. The summed E-state index contributed by atoms with van der Waals surface area (Å²) in [5.41, 5.74) is 1.13. The molecule has 0 bridgehead atoms. The molecule has 1 aromatic carbocycles. The molecule has 1 N–H and O–H groups in total. The summed E-state index contributed by atoms with van der Waals surface area (Å²) in [4.78, 5) is 16.6. The fraction of sp³-hybridized carbons (Fsp3) is 0.286. The van der Waals surface area contributed by atoms with Crippen molar-refractivity contribution in [1.82, 2.24) is 34.4 Å². The Balaban J connectivity index is 1.57. The van der Waals surface area contributed by atoms with Gasteiger partial charge in [0, 0.05) is 37.1 Å². The number of aromatic nitrogens is 6. The number of carbonyl (C=O) groups excluding carboxylic acids is 1. The zero-order valence-corrected chi connectivity index (χ0v) is 22.9. The Morgan fingerprint density at radius 1 is 1.09 bits per heavy atom. The van der Waals surface area contributed by atoms with E-state index in [0.717, 1.165) is 5.56 Å². The van der Waals surface area contributed by atoms with Crippen LogP contribution >= 0.6 is 0 Å². The van der Waals surface area contributed by atoms with Gasteiger partial charge in [-0.1, -0.05) is 30.3 Å². The lowest BCUT2D eigenvalue weighted by molar-refractivity contribution is -0.0527. The Labute approximate surface area is 241 Å². The van der Waals surface area contributed by atoms with Gasteiger partial charge in [-0.15, -0.1) is 5.10 Å². The summed E-state index contributed by atoms with van der Waals surface area (Å²) < 4.78 is 75.6. The molecule has 224 valence electrons. The molecule has 2 aromatic heterocycles. The molecular weight excluding hydrogens is 574 g/mol. The van der Waals surface area contributed by atoms with Crippen molar-refractivity contribution in [1.29, 1.82) is 0 Å². The number of carbonyl (C=O) groups is 1. The number of amides is 1. The number of halogens is 4. The van der Waals surface area contributed by atoms with Crippen LogP contribution in [0.4, 0.5) is 22.4 Å². The smallest absolute Gasteiger partial charge is 0.407 e. The first-order chi connectivity index (χ1) is 20.7. The van der Waals surface area contributed by atoms with Crippen molar-refractivity contribution in [3.63, 3.8) is 0 Å². The quantitative estimate of drug-likeness (QED) is 0.251. The number of alkyl carbamates (subject to hydrolysis) is 1. The van der Waals surface area contributed by atoms with Crippen LogP contribution in [-0.2, 0) is 24.9 Å². The van der Waals surface area contributed by atoms with Gasteiger partial charge in [-0.3, -0.25) is 4.68 Å². The number of rotatable bonds is 8. The summed E-state index contributed by atoms with van der Waals surface area (Å²) in [6, 6.07) is 12.4. The second-order valence-corrected chi connectivity index (χ2v) is 9.79. The largest absolute Gasteiger partial charge is 0.475 e. The maximum atomic E-state index is 14.6. The van der Waals surface area contributed by atoms with Crippen LogP contribution in [0, 0.1) is 0 Å². The molecule has 3 aliphatic rings. The molecule has 0 spiro atoms. The predicted octanol–water partition coefficient (Wildman–Crippen LogP) is 4.96. The van der Waals surface area contributed by atoms with Crippen LogP contribution in [0.5, 0.6) is 11.8 Å². The van der Waals surface area contributed by atoms with E-state index >= 15 is 0 Å². The van der Waals surface area contributed by atoms with Crippen LogP contribution in [0.3, 0.4) is 0 Å². The summed E-state index contributed by atoms with van der Waals surface area (Å²) in [6.45, 7) is -2.84. The zero-order valence-electron chi connectivity index (χ0n) is 22.9. The molecule has 6 rings (SSSR count). The number of nitrogens with zero attached hydrogens (tertiary/aromatic N) is 6. The van der Waals surface area contributed by atoms with Gasteiger partial charge in [0.15, 0.2) is 0 Å². The van der Waals surface area contributed by atoms with E-state index in [9.17, 15) is 22.4 Å². The molecule has 0 fully saturated rings. The molecule has 3 aromatic rings. The van der Waals surface area contributed by atoms with Gasteiger partial charge >= 0.3 is 12.7 Å². The van der Waals surface area contributed by atoms with E-state index in [2.05, 4.69) is 20.3 Å². The van der Waals surface area contributed by atoms with Crippen LogP contribution in [0.1, 0.15) is 17.7 Å². The van der Waals surface area contributed by atoms with Crippen molar-refractivity contribution in [2.45, 2.75) is 32.2 Å². The standard InChI is InChI=1S/C28H25F4N7O4/c1-37-13-18(25(36-37)43-27(31)32)19-17-9-6-10-38(11-15-7-4-3-5-8-15)24(17)34-21(19)20-22(23(29)30)35-39-12-16(14-42-26(20)39)33-28(40)41-2/h3-10,13,16,23,27H,11-12,14H2,1-2H3,(H,33,40)/t16-/m0/s1. The van der Waals surface area contributed by atoms with Crippen LogP contribution < -0.4 is 14.8 Å². The second kappa shape index (κ2) is 11.3. The third kappa shape index (κ3) is 5.33. The normalized spacial score (nSPS) is 14.7. The molecule has 0 aliphatic carbocycles. The minimum absolute atomic E-state index is 0.00269. The Morgan fingerprint density at radius 3 is 2.60 bits per heavy atom. The van der Waals surface area contributed by atoms with Gasteiger partial charge in [-0.2, -0.15) is 13.9 Å². The van der Waals surface area contributed by atoms with E-state index in [1.54, 1.807) is 18.3 Å². The minimum atomic E-state index is -3.18. The maximum absolute atomic E-state index is 14.6. The highest BCUT2D eigenvalue weighted by Gasteiger charge is 2.37. The van der Waals surface area contributed by atoms with Crippen LogP contribution in [0.25, 0.3) is 33.8 Å². The number of fused-ring (bicyclic) bond motifs is 2. The van der Waals surface area contributed by atoms with E-state index in [-0.39, 0.29) is 41.4 Å². The number of hydrogen-bond donors (Lipinski definition) is 1. The molecule has 1 atom stereocenters. The van der Waals surface area contributed by atoms with Crippen molar-refractivity contribution in [2.24, 2.45) is 7.05 Å². The third-order valence-corrected chi connectivity index (χ3v) is 6.92. The topological polar surface area (TPSA) is 110 Å². The lowest BCUT2D eigenvalue weighted by Gasteiger charge is -2.24. The average Bonchev–Trinajstić information content (AvgIpc) is 3.65.